The molecule has 33 heavy (non-hydrogen) atoms. The van der Waals surface area contributed by atoms with Gasteiger partial charge in [0.15, 0.2) is 11.4 Å². The van der Waals surface area contributed by atoms with E-state index in [9.17, 15) is 19.1 Å². The van der Waals surface area contributed by atoms with Crippen LogP contribution in [0.15, 0.2) is 59.2 Å². The summed E-state index contributed by atoms with van der Waals surface area (Å²) in [5.74, 6) is -1.33. The smallest absolute Gasteiger partial charge is 0.347 e. The molecule has 9 heteroatoms. The van der Waals surface area contributed by atoms with E-state index in [1.54, 1.807) is 18.2 Å². The van der Waals surface area contributed by atoms with Gasteiger partial charge in [-0.15, -0.1) is 0 Å². The fourth-order valence-corrected chi connectivity index (χ4v) is 3.10. The molecule has 0 unspecified atom stereocenters. The van der Waals surface area contributed by atoms with Gasteiger partial charge in [0.05, 0.1) is 12.7 Å². The van der Waals surface area contributed by atoms with Crippen LogP contribution in [0.4, 0.5) is 4.39 Å². The Kier molecular flexibility index (Phi) is 7.33. The van der Waals surface area contributed by atoms with Crippen LogP contribution in [0.3, 0.4) is 0 Å². The summed E-state index contributed by atoms with van der Waals surface area (Å²) in [4.78, 5) is 28.7. The van der Waals surface area contributed by atoms with Gasteiger partial charge in [0, 0.05) is 33.9 Å². The van der Waals surface area contributed by atoms with Crippen LogP contribution in [0.25, 0.3) is 0 Å². The summed E-state index contributed by atoms with van der Waals surface area (Å²) in [6.45, 7) is 2.73. The first-order valence-electron chi connectivity index (χ1n) is 9.78. The molecule has 1 heterocycles. The number of carbonyl (C=O) groups is 2. The van der Waals surface area contributed by atoms with E-state index in [4.69, 9.17) is 14.2 Å². The predicted octanol–water partition coefficient (Wildman–Crippen LogP) is 5.04. The molecular weight excluding hydrogens is 497 g/mol. The Labute approximate surface area is 198 Å². The number of ketones is 1. The molecule has 0 atom stereocenters. The average molecular weight is 518 g/mol. The van der Waals surface area contributed by atoms with Crippen molar-refractivity contribution in [2.75, 3.05) is 7.11 Å². The Hall–Kier alpha value is -3.46. The number of carboxylic acid groups (broad SMARTS) is 1. The fourth-order valence-electron chi connectivity index (χ4n) is 2.77. The van der Waals surface area contributed by atoms with Crippen LogP contribution in [0, 0.1) is 5.82 Å². The molecule has 0 fully saturated rings. The number of hydrogen-bond donors (Lipinski definition) is 1. The largest absolute Gasteiger partial charge is 0.497 e. The first kappa shape index (κ1) is 24.2. The summed E-state index contributed by atoms with van der Waals surface area (Å²) < 4.78 is 30.9. The molecule has 1 aromatic heterocycles. The highest BCUT2D eigenvalue weighted by molar-refractivity contribution is 9.10. The number of nitrogens with zero attached hydrogens (tertiary/aromatic N) is 1. The molecule has 0 aliphatic carbocycles. The lowest BCUT2D eigenvalue weighted by atomic mass is 10.0. The second-order valence-electron chi connectivity index (χ2n) is 7.52. The lowest BCUT2D eigenvalue weighted by Gasteiger charge is -2.23. The second-order valence-corrected chi connectivity index (χ2v) is 8.43. The van der Waals surface area contributed by atoms with Gasteiger partial charge >= 0.3 is 5.97 Å². The quantitative estimate of drug-likeness (QED) is 0.397. The lowest BCUT2D eigenvalue weighted by Crippen LogP contribution is -2.38. The number of carboxylic acids is 1. The van der Waals surface area contributed by atoms with Crippen LogP contribution in [0.1, 0.15) is 35.3 Å². The predicted molar refractivity (Wildman–Crippen MR) is 121 cm³/mol. The molecule has 0 amide bonds. The molecule has 0 saturated heterocycles. The van der Waals surface area contributed by atoms with E-state index in [1.165, 1.54) is 57.5 Å². The highest BCUT2D eigenvalue weighted by Gasteiger charge is 2.31. The Morgan fingerprint density at radius 1 is 1.12 bits per heavy atom. The van der Waals surface area contributed by atoms with Crippen LogP contribution in [-0.4, -0.2) is 34.6 Å². The van der Waals surface area contributed by atoms with E-state index in [0.29, 0.717) is 15.8 Å². The summed E-state index contributed by atoms with van der Waals surface area (Å²) in [6.07, 6.45) is 1.33. The van der Waals surface area contributed by atoms with E-state index in [0.717, 1.165) is 0 Å². The minimum Gasteiger partial charge on any atom is -0.497 e. The summed E-state index contributed by atoms with van der Waals surface area (Å²) in [6, 6.07) is 12.2. The average Bonchev–Trinajstić information content (AvgIpc) is 2.78. The van der Waals surface area contributed by atoms with Crippen LogP contribution in [-0.2, 0) is 11.4 Å². The highest BCUT2D eigenvalue weighted by Crippen LogP contribution is 2.30. The van der Waals surface area contributed by atoms with Gasteiger partial charge in [0.25, 0.3) is 0 Å². The fraction of sp³-hybridized carbons (Fsp3) is 0.208. The van der Waals surface area contributed by atoms with Crippen molar-refractivity contribution in [1.29, 1.82) is 0 Å². The molecule has 0 spiro atoms. The van der Waals surface area contributed by atoms with Gasteiger partial charge in [0.2, 0.25) is 5.88 Å². The van der Waals surface area contributed by atoms with Gasteiger partial charge in [0.1, 0.15) is 23.9 Å². The number of hydrogen-bond acceptors (Lipinski definition) is 6. The van der Waals surface area contributed by atoms with Crippen LogP contribution < -0.4 is 14.2 Å². The maximum Gasteiger partial charge on any atom is 0.347 e. The number of pyridine rings is 1. The molecule has 0 aliphatic heterocycles. The van der Waals surface area contributed by atoms with Crippen molar-refractivity contribution in [3.63, 3.8) is 0 Å². The standard InChI is InChI=1S/C24H21BrFNO6/c1-24(2,23(29)30)33-20-11-17(31-3)7-8-18(20)22(28)14-5-9-21(27-12-14)32-13-15-4-6-16(25)10-19(15)26/h4-12H,13H2,1-3H3,(H,29,30). The third kappa shape index (κ3) is 5.87. The maximum absolute atomic E-state index is 13.9. The van der Waals surface area contributed by atoms with E-state index >= 15 is 0 Å². The zero-order valence-electron chi connectivity index (χ0n) is 18.1. The van der Waals surface area contributed by atoms with Crippen LogP contribution >= 0.6 is 15.9 Å². The van der Waals surface area contributed by atoms with Crippen molar-refractivity contribution in [2.45, 2.75) is 26.1 Å². The third-order valence-electron chi connectivity index (χ3n) is 4.70. The molecule has 0 aliphatic rings. The van der Waals surface area contributed by atoms with E-state index < -0.39 is 23.2 Å². The molecule has 0 saturated carbocycles. The summed E-state index contributed by atoms with van der Waals surface area (Å²) in [7, 11) is 1.45. The van der Waals surface area contributed by atoms with Gasteiger partial charge in [-0.25, -0.2) is 14.2 Å². The van der Waals surface area contributed by atoms with Crippen LogP contribution in [0.5, 0.6) is 17.4 Å². The number of aromatic nitrogens is 1. The number of ether oxygens (including phenoxy) is 3. The van der Waals surface area contributed by atoms with E-state index in [1.807, 2.05) is 0 Å². The Bertz CT molecular complexity index is 1180. The number of aliphatic carboxylic acids is 1. The molecule has 3 aromatic rings. The number of rotatable bonds is 9. The van der Waals surface area contributed by atoms with Gasteiger partial charge < -0.3 is 19.3 Å². The van der Waals surface area contributed by atoms with Gasteiger partial charge in [-0.3, -0.25) is 4.79 Å². The first-order chi connectivity index (χ1) is 15.6. The Morgan fingerprint density at radius 2 is 1.88 bits per heavy atom. The van der Waals surface area contributed by atoms with Crippen molar-refractivity contribution in [3.05, 3.63) is 81.7 Å². The monoisotopic (exact) mass is 517 g/mol. The summed E-state index contributed by atoms with van der Waals surface area (Å²) in [5, 5.41) is 9.38. The topological polar surface area (TPSA) is 95.0 Å². The summed E-state index contributed by atoms with van der Waals surface area (Å²) >= 11 is 3.20. The number of benzene rings is 2. The van der Waals surface area contributed by atoms with Gasteiger partial charge in [-0.05, 0) is 44.2 Å². The number of halogens is 2. The first-order valence-corrected chi connectivity index (χ1v) is 10.6. The van der Waals surface area contributed by atoms with E-state index in [-0.39, 0.29) is 29.4 Å². The molecule has 3 rings (SSSR count). The van der Waals surface area contributed by atoms with Crippen molar-refractivity contribution < 1.29 is 33.3 Å². The van der Waals surface area contributed by atoms with Crippen molar-refractivity contribution in [1.82, 2.24) is 4.98 Å². The number of methoxy groups -OCH3 is 1. The SMILES string of the molecule is COc1ccc(C(=O)c2ccc(OCc3ccc(Br)cc3F)nc2)c(OC(C)(C)C(=O)O)c1. The molecule has 1 N–H and O–H groups in total. The van der Waals surface area contributed by atoms with Gasteiger partial charge in [-0.2, -0.15) is 0 Å². The lowest BCUT2D eigenvalue weighted by molar-refractivity contribution is -0.152. The Morgan fingerprint density at radius 3 is 2.48 bits per heavy atom. The third-order valence-corrected chi connectivity index (χ3v) is 5.20. The van der Waals surface area contributed by atoms with Gasteiger partial charge in [-0.1, -0.05) is 22.0 Å². The van der Waals surface area contributed by atoms with Crippen LogP contribution in [0.2, 0.25) is 0 Å². The van der Waals surface area contributed by atoms with Crippen molar-refractivity contribution >= 4 is 27.7 Å². The molecule has 0 radical (unpaired) electrons. The molecular formula is C24H21BrFNO6. The number of carbonyl (C=O) groups excluding carboxylic acids is 1. The molecule has 172 valence electrons. The zero-order valence-corrected chi connectivity index (χ0v) is 19.7. The molecule has 0 bridgehead atoms. The zero-order chi connectivity index (χ0) is 24.2. The normalized spacial score (nSPS) is 11.1. The second kappa shape index (κ2) is 9.99. The minimum atomic E-state index is -1.57. The Balaban J connectivity index is 1.80. The van der Waals surface area contributed by atoms with Crippen molar-refractivity contribution in [2.24, 2.45) is 0 Å². The minimum absolute atomic E-state index is 0.0276. The highest BCUT2D eigenvalue weighted by atomic mass is 79.9. The van der Waals surface area contributed by atoms with Crippen molar-refractivity contribution in [3.8, 4) is 17.4 Å². The molecule has 7 nitrogen and oxygen atoms in total. The van der Waals surface area contributed by atoms with E-state index in [2.05, 4.69) is 20.9 Å². The molecule has 2 aromatic carbocycles. The summed E-state index contributed by atoms with van der Waals surface area (Å²) in [5.41, 5.74) is -0.821. The maximum atomic E-state index is 13.9.